The summed E-state index contributed by atoms with van der Waals surface area (Å²) in [5, 5.41) is 5.79. The van der Waals surface area contributed by atoms with Crippen molar-refractivity contribution >= 4 is 17.6 Å². The highest BCUT2D eigenvalue weighted by Gasteiger charge is 2.22. The van der Waals surface area contributed by atoms with E-state index in [1.807, 2.05) is 4.90 Å². The third kappa shape index (κ3) is 7.77. The molecular formula is C27H36FN5O2. The summed E-state index contributed by atoms with van der Waals surface area (Å²) in [6.07, 6.45) is 2.56. The van der Waals surface area contributed by atoms with E-state index in [0.717, 1.165) is 18.0 Å². The molecule has 0 atom stereocenters. The van der Waals surface area contributed by atoms with Gasteiger partial charge in [0.25, 0.3) is 0 Å². The normalized spacial score (nSPS) is 17.8. The Bertz CT molecular complexity index is 966. The van der Waals surface area contributed by atoms with Gasteiger partial charge in [-0.15, -0.1) is 0 Å². The summed E-state index contributed by atoms with van der Waals surface area (Å²) in [6.45, 7) is 8.82. The van der Waals surface area contributed by atoms with Crippen molar-refractivity contribution in [3.8, 4) is 0 Å². The molecule has 4 rings (SSSR count). The lowest BCUT2D eigenvalue weighted by molar-refractivity contribution is -0.117. The molecule has 2 aromatic rings. The fraction of sp³-hybridized carbons (Fsp3) is 0.481. The van der Waals surface area contributed by atoms with Gasteiger partial charge in [-0.25, -0.2) is 9.18 Å². The van der Waals surface area contributed by atoms with Crippen LogP contribution >= 0.6 is 0 Å². The molecule has 0 bridgehead atoms. The predicted octanol–water partition coefficient (Wildman–Crippen LogP) is 3.52. The van der Waals surface area contributed by atoms with Gasteiger partial charge in [0.1, 0.15) is 5.82 Å². The first-order chi connectivity index (χ1) is 16.9. The van der Waals surface area contributed by atoms with E-state index < -0.39 is 0 Å². The lowest BCUT2D eigenvalue weighted by atomic mass is 9.99. The zero-order chi connectivity index (χ0) is 24.6. The highest BCUT2D eigenvalue weighted by atomic mass is 19.1. The fourth-order valence-electron chi connectivity index (χ4n) is 4.58. The molecule has 2 aromatic carbocycles. The SMILES string of the molecule is CC1CCN(Cc2ccc(CNC(=O)N3CCN(CC(=O)Nc4ccc(F)cc4)CC3)cc2)CC1. The van der Waals surface area contributed by atoms with Crippen molar-refractivity contribution < 1.29 is 14.0 Å². The van der Waals surface area contributed by atoms with Crippen LogP contribution in [0, 0.1) is 11.7 Å². The minimum atomic E-state index is -0.336. The van der Waals surface area contributed by atoms with E-state index in [0.29, 0.717) is 38.4 Å². The molecule has 2 N–H and O–H groups in total. The summed E-state index contributed by atoms with van der Waals surface area (Å²) in [6, 6.07) is 14.2. The van der Waals surface area contributed by atoms with Gasteiger partial charge in [0.2, 0.25) is 5.91 Å². The topological polar surface area (TPSA) is 67.9 Å². The van der Waals surface area contributed by atoms with Crippen molar-refractivity contribution in [2.75, 3.05) is 51.1 Å². The number of hydrogen-bond donors (Lipinski definition) is 2. The Balaban J connectivity index is 1.14. The van der Waals surface area contributed by atoms with Crippen LogP contribution in [0.15, 0.2) is 48.5 Å². The molecule has 0 aliphatic carbocycles. The number of urea groups is 1. The van der Waals surface area contributed by atoms with E-state index in [-0.39, 0.29) is 24.3 Å². The molecule has 2 aliphatic rings. The van der Waals surface area contributed by atoms with Crippen molar-refractivity contribution in [2.24, 2.45) is 5.92 Å². The first-order valence-corrected chi connectivity index (χ1v) is 12.6. The Morgan fingerprint density at radius 3 is 2.14 bits per heavy atom. The number of hydrogen-bond acceptors (Lipinski definition) is 4. The number of anilines is 1. The third-order valence-corrected chi connectivity index (χ3v) is 6.90. The second kappa shape index (κ2) is 12.1. The van der Waals surface area contributed by atoms with E-state index in [9.17, 15) is 14.0 Å². The van der Waals surface area contributed by atoms with E-state index >= 15 is 0 Å². The van der Waals surface area contributed by atoms with Crippen LogP contribution < -0.4 is 10.6 Å². The van der Waals surface area contributed by atoms with E-state index in [4.69, 9.17) is 0 Å². The third-order valence-electron chi connectivity index (χ3n) is 6.90. The van der Waals surface area contributed by atoms with Crippen LogP contribution in [0.4, 0.5) is 14.9 Å². The molecular weight excluding hydrogens is 445 g/mol. The first-order valence-electron chi connectivity index (χ1n) is 12.6. The Labute approximate surface area is 207 Å². The zero-order valence-electron chi connectivity index (χ0n) is 20.5. The average Bonchev–Trinajstić information content (AvgIpc) is 2.86. The number of piperazine rings is 1. The first kappa shape index (κ1) is 25.1. The smallest absolute Gasteiger partial charge is 0.317 e. The fourth-order valence-corrected chi connectivity index (χ4v) is 4.58. The molecule has 35 heavy (non-hydrogen) atoms. The molecule has 0 saturated carbocycles. The van der Waals surface area contributed by atoms with Crippen LogP contribution in [0.1, 0.15) is 30.9 Å². The molecule has 2 aliphatic heterocycles. The highest BCUT2D eigenvalue weighted by Crippen LogP contribution is 2.18. The molecule has 8 heteroatoms. The number of nitrogens with zero attached hydrogens (tertiary/aromatic N) is 3. The van der Waals surface area contributed by atoms with Gasteiger partial charge in [0.15, 0.2) is 0 Å². The summed E-state index contributed by atoms with van der Waals surface area (Å²) in [5.41, 5.74) is 2.98. The number of carbonyl (C=O) groups is 2. The molecule has 188 valence electrons. The van der Waals surface area contributed by atoms with Crippen LogP contribution in [0.25, 0.3) is 0 Å². The van der Waals surface area contributed by atoms with Gasteiger partial charge in [-0.3, -0.25) is 14.6 Å². The van der Waals surface area contributed by atoms with E-state index in [1.165, 1.54) is 55.8 Å². The monoisotopic (exact) mass is 481 g/mol. The molecule has 3 amide bonds. The maximum Gasteiger partial charge on any atom is 0.317 e. The summed E-state index contributed by atoms with van der Waals surface area (Å²) in [7, 11) is 0. The summed E-state index contributed by atoms with van der Waals surface area (Å²) in [5.74, 6) is 0.359. The quantitative estimate of drug-likeness (QED) is 0.635. The van der Waals surface area contributed by atoms with Gasteiger partial charge in [0, 0.05) is 45.0 Å². The molecule has 0 spiro atoms. The van der Waals surface area contributed by atoms with Crippen LogP contribution in [-0.2, 0) is 17.9 Å². The molecule has 2 heterocycles. The standard InChI is InChI=1S/C27H36FN5O2/c1-21-10-12-31(13-11-21)19-23-4-2-22(3-5-23)18-29-27(35)33-16-14-32(15-17-33)20-26(34)30-25-8-6-24(28)7-9-25/h2-9,21H,10-20H2,1H3,(H,29,35)(H,30,34). The van der Waals surface area contributed by atoms with Crippen molar-refractivity contribution in [3.05, 3.63) is 65.5 Å². The van der Waals surface area contributed by atoms with Crippen LogP contribution in [0.2, 0.25) is 0 Å². The molecule has 7 nitrogen and oxygen atoms in total. The summed E-state index contributed by atoms with van der Waals surface area (Å²) >= 11 is 0. The predicted molar refractivity (Wildman–Crippen MR) is 135 cm³/mol. The number of nitrogens with one attached hydrogen (secondary N) is 2. The zero-order valence-corrected chi connectivity index (χ0v) is 20.5. The largest absolute Gasteiger partial charge is 0.334 e. The van der Waals surface area contributed by atoms with Crippen LogP contribution in [0.5, 0.6) is 0 Å². The van der Waals surface area contributed by atoms with Crippen molar-refractivity contribution in [3.63, 3.8) is 0 Å². The summed E-state index contributed by atoms with van der Waals surface area (Å²) < 4.78 is 13.0. The van der Waals surface area contributed by atoms with Crippen molar-refractivity contribution in [2.45, 2.75) is 32.9 Å². The number of benzene rings is 2. The number of likely N-dealkylation sites (tertiary alicyclic amines) is 1. The van der Waals surface area contributed by atoms with Crippen LogP contribution in [0.3, 0.4) is 0 Å². The summed E-state index contributed by atoms with van der Waals surface area (Å²) in [4.78, 5) is 31.2. The number of rotatable bonds is 7. The number of carbonyl (C=O) groups excluding carboxylic acids is 2. The highest BCUT2D eigenvalue weighted by molar-refractivity contribution is 5.92. The van der Waals surface area contributed by atoms with E-state index in [2.05, 4.69) is 46.7 Å². The minimum absolute atomic E-state index is 0.0769. The average molecular weight is 482 g/mol. The van der Waals surface area contributed by atoms with Gasteiger partial charge < -0.3 is 15.5 Å². The van der Waals surface area contributed by atoms with Gasteiger partial charge in [-0.2, -0.15) is 0 Å². The second-order valence-electron chi connectivity index (χ2n) is 9.75. The Hall–Kier alpha value is -2.97. The maximum atomic E-state index is 13.0. The van der Waals surface area contributed by atoms with E-state index in [1.54, 1.807) is 4.90 Å². The van der Waals surface area contributed by atoms with Crippen molar-refractivity contribution in [1.82, 2.24) is 20.0 Å². The van der Waals surface area contributed by atoms with Crippen molar-refractivity contribution in [1.29, 1.82) is 0 Å². The lowest BCUT2D eigenvalue weighted by Crippen LogP contribution is -2.52. The Morgan fingerprint density at radius 2 is 1.49 bits per heavy atom. The maximum absolute atomic E-state index is 13.0. The molecule has 0 radical (unpaired) electrons. The molecule has 0 aromatic heterocycles. The number of halogens is 1. The minimum Gasteiger partial charge on any atom is -0.334 e. The van der Waals surface area contributed by atoms with Gasteiger partial charge in [-0.1, -0.05) is 31.2 Å². The molecule has 2 fully saturated rings. The van der Waals surface area contributed by atoms with Gasteiger partial charge in [0.05, 0.1) is 6.54 Å². The molecule has 2 saturated heterocycles. The van der Waals surface area contributed by atoms with Gasteiger partial charge >= 0.3 is 6.03 Å². The second-order valence-corrected chi connectivity index (χ2v) is 9.75. The Kier molecular flexibility index (Phi) is 8.71. The lowest BCUT2D eigenvalue weighted by Gasteiger charge is -2.34. The van der Waals surface area contributed by atoms with Crippen LogP contribution in [-0.4, -0.2) is 72.5 Å². The number of piperidine rings is 1. The van der Waals surface area contributed by atoms with Gasteiger partial charge in [-0.05, 0) is 67.2 Å². The Morgan fingerprint density at radius 1 is 0.857 bits per heavy atom. The number of amides is 3. The molecule has 0 unspecified atom stereocenters.